The normalized spacial score (nSPS) is 17.6. The van der Waals surface area contributed by atoms with Gasteiger partial charge in [-0.1, -0.05) is 32.0 Å². The van der Waals surface area contributed by atoms with Gasteiger partial charge in [0.25, 0.3) is 5.91 Å². The summed E-state index contributed by atoms with van der Waals surface area (Å²) >= 11 is 0. The average Bonchev–Trinajstić information content (AvgIpc) is 3.09. The summed E-state index contributed by atoms with van der Waals surface area (Å²) in [5, 5.41) is 5.95. The van der Waals surface area contributed by atoms with E-state index in [-0.39, 0.29) is 23.8 Å². The van der Waals surface area contributed by atoms with Crippen LogP contribution in [0.25, 0.3) is 0 Å². The third-order valence-electron chi connectivity index (χ3n) is 4.64. The van der Waals surface area contributed by atoms with Gasteiger partial charge in [-0.05, 0) is 37.0 Å². The van der Waals surface area contributed by atoms with E-state index >= 15 is 0 Å². The van der Waals surface area contributed by atoms with Gasteiger partial charge in [-0.2, -0.15) is 0 Å². The van der Waals surface area contributed by atoms with Crippen LogP contribution in [-0.2, 0) is 11.2 Å². The lowest BCUT2D eigenvalue weighted by molar-refractivity contribution is -0.124. The van der Waals surface area contributed by atoms with E-state index in [1.54, 1.807) is 18.4 Å². The molecule has 2 amide bonds. The molecule has 132 valence electrons. The molecule has 25 heavy (non-hydrogen) atoms. The van der Waals surface area contributed by atoms with Crippen LogP contribution in [0.2, 0.25) is 0 Å². The van der Waals surface area contributed by atoms with E-state index in [0.717, 1.165) is 30.6 Å². The third kappa shape index (κ3) is 3.92. The smallest absolute Gasteiger partial charge is 0.251 e. The SMILES string of the molecule is CC(C)[C@H](NC(=O)c1ccccc1)C(=O)N[C@@H]1CCCc2occc21. The van der Waals surface area contributed by atoms with Gasteiger partial charge in [0.15, 0.2) is 0 Å². The number of rotatable bonds is 5. The van der Waals surface area contributed by atoms with E-state index in [1.807, 2.05) is 38.1 Å². The average molecular weight is 340 g/mol. The fourth-order valence-corrected chi connectivity index (χ4v) is 3.25. The van der Waals surface area contributed by atoms with Crippen LogP contribution in [0.1, 0.15) is 54.4 Å². The molecule has 1 aromatic heterocycles. The van der Waals surface area contributed by atoms with Crippen molar-refractivity contribution < 1.29 is 14.0 Å². The number of amides is 2. The highest BCUT2D eigenvalue weighted by molar-refractivity contribution is 5.97. The van der Waals surface area contributed by atoms with Crippen LogP contribution >= 0.6 is 0 Å². The number of fused-ring (bicyclic) bond motifs is 1. The number of furan rings is 1. The molecule has 0 radical (unpaired) electrons. The molecule has 2 aromatic rings. The second-order valence-corrected chi connectivity index (χ2v) is 6.81. The zero-order valence-corrected chi connectivity index (χ0v) is 14.6. The minimum absolute atomic E-state index is 0.0138. The lowest BCUT2D eigenvalue weighted by atomic mass is 9.92. The Balaban J connectivity index is 1.69. The number of carbonyl (C=O) groups excluding carboxylic acids is 2. The van der Waals surface area contributed by atoms with Crippen molar-refractivity contribution in [2.45, 2.75) is 45.2 Å². The van der Waals surface area contributed by atoms with Gasteiger partial charge >= 0.3 is 0 Å². The predicted molar refractivity (Wildman–Crippen MR) is 95.1 cm³/mol. The number of benzene rings is 1. The Morgan fingerprint density at radius 2 is 1.92 bits per heavy atom. The first-order chi connectivity index (χ1) is 12.1. The molecule has 0 aliphatic heterocycles. The van der Waals surface area contributed by atoms with Crippen LogP contribution in [0.5, 0.6) is 0 Å². The van der Waals surface area contributed by atoms with Crippen molar-refractivity contribution in [1.29, 1.82) is 0 Å². The Labute approximate surface area is 147 Å². The quantitative estimate of drug-likeness (QED) is 0.878. The molecule has 5 nitrogen and oxygen atoms in total. The molecule has 1 heterocycles. The van der Waals surface area contributed by atoms with Crippen molar-refractivity contribution in [3.8, 4) is 0 Å². The molecule has 1 aromatic carbocycles. The first-order valence-corrected chi connectivity index (χ1v) is 8.79. The van der Waals surface area contributed by atoms with Gasteiger partial charge in [-0.25, -0.2) is 0 Å². The Morgan fingerprint density at radius 3 is 2.64 bits per heavy atom. The minimum atomic E-state index is -0.579. The van der Waals surface area contributed by atoms with E-state index < -0.39 is 6.04 Å². The van der Waals surface area contributed by atoms with Crippen molar-refractivity contribution in [1.82, 2.24) is 10.6 Å². The summed E-state index contributed by atoms with van der Waals surface area (Å²) in [5.41, 5.74) is 1.60. The zero-order valence-electron chi connectivity index (χ0n) is 14.6. The Kier molecular flexibility index (Phi) is 5.22. The van der Waals surface area contributed by atoms with Crippen molar-refractivity contribution in [3.05, 3.63) is 59.5 Å². The number of hydrogen-bond acceptors (Lipinski definition) is 3. The fourth-order valence-electron chi connectivity index (χ4n) is 3.25. The Bertz CT molecular complexity index is 736. The number of nitrogens with one attached hydrogen (secondary N) is 2. The molecule has 1 aliphatic rings. The second-order valence-electron chi connectivity index (χ2n) is 6.81. The molecule has 0 fully saturated rings. The molecule has 0 bridgehead atoms. The van der Waals surface area contributed by atoms with Gasteiger partial charge in [0.1, 0.15) is 11.8 Å². The summed E-state index contributed by atoms with van der Waals surface area (Å²) in [6.45, 7) is 3.86. The Morgan fingerprint density at radius 1 is 1.16 bits per heavy atom. The Hall–Kier alpha value is -2.56. The first-order valence-electron chi connectivity index (χ1n) is 8.79. The molecule has 5 heteroatoms. The van der Waals surface area contributed by atoms with E-state index in [1.165, 1.54) is 0 Å². The molecule has 0 spiro atoms. The highest BCUT2D eigenvalue weighted by atomic mass is 16.3. The lowest BCUT2D eigenvalue weighted by Gasteiger charge is -2.27. The molecular weight excluding hydrogens is 316 g/mol. The summed E-state index contributed by atoms with van der Waals surface area (Å²) < 4.78 is 5.48. The van der Waals surface area contributed by atoms with E-state index in [4.69, 9.17) is 4.42 Å². The van der Waals surface area contributed by atoms with Crippen molar-refractivity contribution >= 4 is 11.8 Å². The molecule has 0 saturated heterocycles. The third-order valence-corrected chi connectivity index (χ3v) is 4.64. The number of aryl methyl sites for hydroxylation is 1. The second kappa shape index (κ2) is 7.55. The molecule has 1 aliphatic carbocycles. The van der Waals surface area contributed by atoms with E-state index in [2.05, 4.69) is 10.6 Å². The van der Waals surface area contributed by atoms with Crippen LogP contribution in [0.4, 0.5) is 0 Å². The summed E-state index contributed by atoms with van der Waals surface area (Å²) in [5.74, 6) is 0.548. The largest absolute Gasteiger partial charge is 0.469 e. The maximum absolute atomic E-state index is 12.8. The zero-order chi connectivity index (χ0) is 17.8. The standard InChI is InChI=1S/C20H24N2O3/c1-13(2)18(22-19(23)14-7-4-3-5-8-14)20(24)21-16-9-6-10-17-15(16)11-12-25-17/h3-5,7-8,11-13,16,18H,6,9-10H2,1-2H3,(H,21,24)(H,22,23)/t16-,18+/m1/s1. The van der Waals surface area contributed by atoms with Crippen LogP contribution in [-0.4, -0.2) is 17.9 Å². The van der Waals surface area contributed by atoms with Gasteiger partial charge in [0.2, 0.25) is 5.91 Å². The molecule has 2 N–H and O–H groups in total. The van der Waals surface area contributed by atoms with Gasteiger partial charge in [-0.15, -0.1) is 0 Å². The molecular formula is C20H24N2O3. The van der Waals surface area contributed by atoms with Crippen molar-refractivity contribution in [3.63, 3.8) is 0 Å². The number of carbonyl (C=O) groups is 2. The number of hydrogen-bond donors (Lipinski definition) is 2. The van der Waals surface area contributed by atoms with Crippen LogP contribution < -0.4 is 10.6 Å². The summed E-state index contributed by atoms with van der Waals surface area (Å²) in [7, 11) is 0. The molecule has 3 rings (SSSR count). The topological polar surface area (TPSA) is 71.3 Å². The van der Waals surface area contributed by atoms with Gasteiger partial charge in [-0.3, -0.25) is 9.59 Å². The van der Waals surface area contributed by atoms with Crippen LogP contribution in [0.15, 0.2) is 47.1 Å². The molecule has 2 atom stereocenters. The van der Waals surface area contributed by atoms with Crippen molar-refractivity contribution in [2.24, 2.45) is 5.92 Å². The fraction of sp³-hybridized carbons (Fsp3) is 0.400. The summed E-state index contributed by atoms with van der Waals surface area (Å²) in [4.78, 5) is 25.2. The molecule has 0 unspecified atom stereocenters. The maximum atomic E-state index is 12.8. The van der Waals surface area contributed by atoms with Crippen LogP contribution in [0.3, 0.4) is 0 Å². The van der Waals surface area contributed by atoms with Gasteiger partial charge in [0.05, 0.1) is 12.3 Å². The monoisotopic (exact) mass is 340 g/mol. The molecule has 0 saturated carbocycles. The van der Waals surface area contributed by atoms with Crippen LogP contribution in [0, 0.1) is 5.92 Å². The van der Waals surface area contributed by atoms with Gasteiger partial charge in [0, 0.05) is 17.5 Å². The highest BCUT2D eigenvalue weighted by Crippen LogP contribution is 2.30. The predicted octanol–water partition coefficient (Wildman–Crippen LogP) is 3.23. The minimum Gasteiger partial charge on any atom is -0.469 e. The van der Waals surface area contributed by atoms with E-state index in [0.29, 0.717) is 5.56 Å². The van der Waals surface area contributed by atoms with Gasteiger partial charge < -0.3 is 15.1 Å². The van der Waals surface area contributed by atoms with Crippen molar-refractivity contribution in [2.75, 3.05) is 0 Å². The maximum Gasteiger partial charge on any atom is 0.251 e. The summed E-state index contributed by atoms with van der Waals surface area (Å²) in [6.07, 6.45) is 4.45. The summed E-state index contributed by atoms with van der Waals surface area (Å²) in [6, 6.07) is 10.2. The lowest BCUT2D eigenvalue weighted by Crippen LogP contribution is -2.50. The highest BCUT2D eigenvalue weighted by Gasteiger charge is 2.29. The van der Waals surface area contributed by atoms with E-state index in [9.17, 15) is 9.59 Å². The first kappa shape index (κ1) is 17.3.